The summed E-state index contributed by atoms with van der Waals surface area (Å²) in [6.45, 7) is 4.05. The molecule has 0 atom stereocenters. The van der Waals surface area contributed by atoms with Crippen LogP contribution >= 0.6 is 23.2 Å². The van der Waals surface area contributed by atoms with Crippen molar-refractivity contribution in [2.45, 2.75) is 26.5 Å². The van der Waals surface area contributed by atoms with Crippen LogP contribution in [0.25, 0.3) is 0 Å². The number of hydrogen-bond acceptors (Lipinski definition) is 3. The van der Waals surface area contributed by atoms with E-state index in [2.05, 4.69) is 36.5 Å². The van der Waals surface area contributed by atoms with Gasteiger partial charge >= 0.3 is 0 Å². The first-order valence-electron chi connectivity index (χ1n) is 9.55. The molecule has 3 rings (SSSR count). The van der Waals surface area contributed by atoms with Crippen molar-refractivity contribution >= 4 is 23.2 Å². The Balaban J connectivity index is 1.57. The molecule has 1 N–H and O–H groups in total. The maximum atomic E-state index is 6.48. The minimum Gasteiger partial charge on any atom is -0.493 e. The monoisotopic (exact) mass is 429 g/mol. The molecule has 0 unspecified atom stereocenters. The first-order chi connectivity index (χ1) is 14.0. The molecule has 0 bridgehead atoms. The number of ether oxygens (including phenoxy) is 2. The first kappa shape index (κ1) is 21.5. The third-order valence-electron chi connectivity index (χ3n) is 4.63. The summed E-state index contributed by atoms with van der Waals surface area (Å²) >= 11 is 12.4. The molecule has 3 nitrogen and oxygen atoms in total. The van der Waals surface area contributed by atoms with Crippen molar-refractivity contribution < 1.29 is 9.47 Å². The smallest absolute Gasteiger partial charge is 0.180 e. The Morgan fingerprint density at radius 1 is 0.862 bits per heavy atom. The van der Waals surface area contributed by atoms with Gasteiger partial charge in [0.1, 0.15) is 6.61 Å². The lowest BCUT2D eigenvalue weighted by Crippen LogP contribution is -2.16. The average Bonchev–Trinajstić information content (AvgIpc) is 2.72. The number of hydrogen-bond donors (Lipinski definition) is 1. The van der Waals surface area contributed by atoms with Gasteiger partial charge in [-0.05, 0) is 60.8 Å². The Bertz CT molecular complexity index is 925. The maximum Gasteiger partial charge on any atom is 0.180 e. The molecule has 0 amide bonds. The number of benzene rings is 3. The van der Waals surface area contributed by atoms with Crippen LogP contribution in [0.15, 0.2) is 60.7 Å². The highest BCUT2D eigenvalue weighted by molar-refractivity contribution is 6.32. The molecular formula is C24H25Cl2NO2. The van der Waals surface area contributed by atoms with E-state index in [1.165, 1.54) is 11.1 Å². The summed E-state index contributed by atoms with van der Waals surface area (Å²) in [6, 6.07) is 20.0. The second kappa shape index (κ2) is 10.5. The number of aryl methyl sites for hydroxylation is 1. The van der Waals surface area contributed by atoms with Crippen molar-refractivity contribution in [1.82, 2.24) is 5.32 Å². The molecule has 5 heteroatoms. The van der Waals surface area contributed by atoms with E-state index in [1.54, 1.807) is 7.11 Å². The topological polar surface area (TPSA) is 30.5 Å². The molecule has 152 valence electrons. The highest BCUT2D eigenvalue weighted by Crippen LogP contribution is 2.37. The average molecular weight is 430 g/mol. The zero-order valence-corrected chi connectivity index (χ0v) is 18.2. The van der Waals surface area contributed by atoms with Crippen LogP contribution in [0.3, 0.4) is 0 Å². The lowest BCUT2D eigenvalue weighted by atomic mass is 10.1. The molecule has 0 spiro atoms. The van der Waals surface area contributed by atoms with E-state index in [1.807, 2.05) is 36.4 Å². The fraction of sp³-hybridized carbons (Fsp3) is 0.250. The normalized spacial score (nSPS) is 10.8. The Hall–Kier alpha value is -2.20. The summed E-state index contributed by atoms with van der Waals surface area (Å²) in [7, 11) is 1.63. The minimum atomic E-state index is 0.440. The van der Waals surface area contributed by atoms with E-state index in [9.17, 15) is 0 Å². The van der Waals surface area contributed by atoms with Crippen LogP contribution in [0, 0.1) is 6.92 Å². The van der Waals surface area contributed by atoms with Crippen LogP contribution in [0.5, 0.6) is 11.5 Å². The summed E-state index contributed by atoms with van der Waals surface area (Å²) in [5.41, 5.74) is 4.60. The van der Waals surface area contributed by atoms with E-state index in [0.29, 0.717) is 29.7 Å². The third kappa shape index (κ3) is 6.40. The minimum absolute atomic E-state index is 0.440. The predicted octanol–water partition coefficient (Wildman–Crippen LogP) is 6.22. The lowest BCUT2D eigenvalue weighted by Gasteiger charge is -2.15. The van der Waals surface area contributed by atoms with Gasteiger partial charge in [0, 0.05) is 11.6 Å². The summed E-state index contributed by atoms with van der Waals surface area (Å²) in [5, 5.41) is 4.74. The molecule has 0 saturated heterocycles. The van der Waals surface area contributed by atoms with E-state index in [-0.39, 0.29) is 0 Å². The molecule has 0 fully saturated rings. The van der Waals surface area contributed by atoms with Crippen molar-refractivity contribution in [3.05, 3.63) is 93.0 Å². The number of halogens is 2. The standard InChI is InChI=1S/C24H25Cl2NO2/c1-17-3-5-19(6-4-17)16-29-24-22(26)13-20(14-23(24)28-2)15-27-12-11-18-7-9-21(25)10-8-18/h3-10,13-14,27H,11-12,15-16H2,1-2H3. The molecule has 0 aliphatic heterocycles. The van der Waals surface area contributed by atoms with Gasteiger partial charge in [-0.25, -0.2) is 0 Å². The van der Waals surface area contributed by atoms with Gasteiger partial charge < -0.3 is 14.8 Å². The quantitative estimate of drug-likeness (QED) is 0.409. The molecule has 3 aromatic carbocycles. The summed E-state index contributed by atoms with van der Waals surface area (Å²) < 4.78 is 11.5. The van der Waals surface area contributed by atoms with Crippen LogP contribution in [-0.2, 0) is 19.6 Å². The van der Waals surface area contributed by atoms with Gasteiger partial charge in [-0.15, -0.1) is 0 Å². The SMILES string of the molecule is COc1cc(CNCCc2ccc(Cl)cc2)cc(Cl)c1OCc1ccc(C)cc1. The van der Waals surface area contributed by atoms with Crippen LogP contribution < -0.4 is 14.8 Å². The molecule has 0 heterocycles. The second-order valence-corrected chi connectivity index (χ2v) is 7.78. The first-order valence-corrected chi connectivity index (χ1v) is 10.3. The maximum absolute atomic E-state index is 6.48. The number of nitrogens with one attached hydrogen (secondary N) is 1. The molecule has 3 aromatic rings. The van der Waals surface area contributed by atoms with Gasteiger partial charge in [0.15, 0.2) is 11.5 Å². The Morgan fingerprint density at radius 3 is 2.24 bits per heavy atom. The van der Waals surface area contributed by atoms with Gasteiger partial charge in [0.25, 0.3) is 0 Å². The molecular weight excluding hydrogens is 405 g/mol. The Labute approximate surface area is 182 Å². The highest BCUT2D eigenvalue weighted by Gasteiger charge is 2.12. The van der Waals surface area contributed by atoms with E-state index >= 15 is 0 Å². The van der Waals surface area contributed by atoms with Gasteiger partial charge in [0.2, 0.25) is 0 Å². The molecule has 29 heavy (non-hydrogen) atoms. The van der Waals surface area contributed by atoms with Gasteiger partial charge in [-0.3, -0.25) is 0 Å². The fourth-order valence-electron chi connectivity index (χ4n) is 2.97. The Kier molecular flexibility index (Phi) is 7.82. The van der Waals surface area contributed by atoms with Gasteiger partial charge in [-0.2, -0.15) is 0 Å². The summed E-state index contributed by atoms with van der Waals surface area (Å²) in [4.78, 5) is 0. The Morgan fingerprint density at radius 2 is 1.55 bits per heavy atom. The van der Waals surface area contributed by atoms with E-state index < -0.39 is 0 Å². The summed E-state index contributed by atoms with van der Waals surface area (Å²) in [5.74, 6) is 1.21. The van der Waals surface area contributed by atoms with Crippen molar-refractivity contribution in [3.8, 4) is 11.5 Å². The van der Waals surface area contributed by atoms with Crippen LogP contribution in [0.4, 0.5) is 0 Å². The summed E-state index contributed by atoms with van der Waals surface area (Å²) in [6.07, 6.45) is 0.930. The van der Waals surface area contributed by atoms with Crippen LogP contribution in [0.2, 0.25) is 10.0 Å². The highest BCUT2D eigenvalue weighted by atomic mass is 35.5. The zero-order valence-electron chi connectivity index (χ0n) is 16.7. The van der Waals surface area contributed by atoms with Crippen LogP contribution in [0.1, 0.15) is 22.3 Å². The second-order valence-electron chi connectivity index (χ2n) is 6.94. The van der Waals surface area contributed by atoms with Crippen molar-refractivity contribution in [1.29, 1.82) is 0 Å². The lowest BCUT2D eigenvalue weighted by molar-refractivity contribution is 0.284. The zero-order chi connectivity index (χ0) is 20.6. The van der Waals surface area contributed by atoms with Crippen LogP contribution in [-0.4, -0.2) is 13.7 Å². The predicted molar refractivity (Wildman–Crippen MR) is 120 cm³/mol. The molecule has 0 aromatic heterocycles. The third-order valence-corrected chi connectivity index (χ3v) is 5.16. The number of rotatable bonds is 9. The van der Waals surface area contributed by atoms with Gasteiger partial charge in [-0.1, -0.05) is 65.2 Å². The molecule has 0 radical (unpaired) electrons. The van der Waals surface area contributed by atoms with E-state index in [0.717, 1.165) is 29.1 Å². The van der Waals surface area contributed by atoms with Crippen molar-refractivity contribution in [2.75, 3.05) is 13.7 Å². The molecule has 0 saturated carbocycles. The number of methoxy groups -OCH3 is 1. The largest absolute Gasteiger partial charge is 0.493 e. The molecule has 0 aliphatic rings. The van der Waals surface area contributed by atoms with E-state index in [4.69, 9.17) is 32.7 Å². The van der Waals surface area contributed by atoms with Crippen molar-refractivity contribution in [2.24, 2.45) is 0 Å². The van der Waals surface area contributed by atoms with Crippen molar-refractivity contribution in [3.63, 3.8) is 0 Å². The fourth-order valence-corrected chi connectivity index (χ4v) is 3.39. The molecule has 0 aliphatic carbocycles. The van der Waals surface area contributed by atoms with Gasteiger partial charge in [0.05, 0.1) is 12.1 Å².